The van der Waals surface area contributed by atoms with Crippen LogP contribution < -0.4 is 15.5 Å². The third kappa shape index (κ3) is 3.19. The fourth-order valence-corrected chi connectivity index (χ4v) is 3.22. The molecular weight excluding hydrogens is 278 g/mol. The minimum absolute atomic E-state index is 0.0289. The Labute approximate surface area is 131 Å². The lowest BCUT2D eigenvalue weighted by molar-refractivity contribution is 0.159. The number of rotatable bonds is 5. The summed E-state index contributed by atoms with van der Waals surface area (Å²) in [7, 11) is 0. The van der Waals surface area contributed by atoms with Crippen molar-refractivity contribution >= 4 is 17.4 Å². The van der Waals surface area contributed by atoms with Gasteiger partial charge in [-0.05, 0) is 50.7 Å². The number of carbonyl (C=O) groups is 1. The van der Waals surface area contributed by atoms with E-state index in [1.54, 1.807) is 0 Å². The molecule has 0 spiro atoms. The normalized spacial score (nSPS) is 20.5. The summed E-state index contributed by atoms with van der Waals surface area (Å²) >= 11 is 0. The quantitative estimate of drug-likeness (QED) is 0.783. The SMILES string of the molecule is CC(CO)(NC(=O)Nc1ccccc1N1CCCC1)C1CC1. The Hall–Kier alpha value is -1.75. The lowest BCUT2D eigenvalue weighted by atomic mass is 9.97. The molecule has 2 amide bonds. The van der Waals surface area contributed by atoms with E-state index in [0.29, 0.717) is 5.92 Å². The molecule has 1 aromatic rings. The standard InChI is InChI=1S/C17H25N3O2/c1-17(12-21,13-8-9-13)19-16(22)18-14-6-2-3-7-15(14)20-10-4-5-11-20/h2-3,6-7,13,21H,4-5,8-12H2,1H3,(H2,18,19,22). The molecule has 0 bridgehead atoms. The second-order valence-corrected chi connectivity index (χ2v) is 6.64. The number of carbonyl (C=O) groups excluding carboxylic acids is 1. The van der Waals surface area contributed by atoms with Crippen LogP contribution in [0.15, 0.2) is 24.3 Å². The largest absolute Gasteiger partial charge is 0.394 e. The molecule has 1 aromatic carbocycles. The highest BCUT2D eigenvalue weighted by Crippen LogP contribution is 2.39. The first-order chi connectivity index (χ1) is 10.6. The highest BCUT2D eigenvalue weighted by Gasteiger charge is 2.42. The topological polar surface area (TPSA) is 64.6 Å². The van der Waals surface area contributed by atoms with Gasteiger partial charge in [-0.2, -0.15) is 0 Å². The summed E-state index contributed by atoms with van der Waals surface area (Å²) in [5, 5.41) is 15.5. The number of para-hydroxylation sites is 2. The molecule has 5 nitrogen and oxygen atoms in total. The van der Waals surface area contributed by atoms with Crippen molar-refractivity contribution < 1.29 is 9.90 Å². The van der Waals surface area contributed by atoms with Crippen molar-refractivity contribution in [2.24, 2.45) is 5.92 Å². The molecule has 1 saturated carbocycles. The third-order valence-electron chi connectivity index (χ3n) is 4.80. The summed E-state index contributed by atoms with van der Waals surface area (Å²) in [4.78, 5) is 14.6. The van der Waals surface area contributed by atoms with Crippen molar-refractivity contribution in [2.45, 2.75) is 38.1 Å². The molecule has 5 heteroatoms. The van der Waals surface area contributed by atoms with Gasteiger partial charge in [0, 0.05) is 13.1 Å². The number of anilines is 2. The van der Waals surface area contributed by atoms with Crippen LogP contribution in [0.25, 0.3) is 0 Å². The number of nitrogens with one attached hydrogen (secondary N) is 2. The molecule has 1 unspecified atom stereocenters. The molecule has 2 aliphatic rings. The van der Waals surface area contributed by atoms with Crippen LogP contribution >= 0.6 is 0 Å². The highest BCUT2D eigenvalue weighted by atomic mass is 16.3. The van der Waals surface area contributed by atoms with Crippen LogP contribution in [0.3, 0.4) is 0 Å². The average molecular weight is 303 g/mol. The molecule has 2 fully saturated rings. The number of hydrogen-bond donors (Lipinski definition) is 3. The van der Waals surface area contributed by atoms with Gasteiger partial charge in [0.05, 0.1) is 23.5 Å². The lowest BCUT2D eigenvalue weighted by Gasteiger charge is -2.29. The van der Waals surface area contributed by atoms with Crippen LogP contribution in [-0.2, 0) is 0 Å². The average Bonchev–Trinajstić information content (AvgIpc) is 3.24. The number of aliphatic hydroxyl groups excluding tert-OH is 1. The van der Waals surface area contributed by atoms with Gasteiger partial charge >= 0.3 is 6.03 Å². The van der Waals surface area contributed by atoms with E-state index in [9.17, 15) is 9.90 Å². The molecule has 22 heavy (non-hydrogen) atoms. The van der Waals surface area contributed by atoms with Crippen molar-refractivity contribution in [1.82, 2.24) is 5.32 Å². The number of amides is 2. The van der Waals surface area contributed by atoms with Gasteiger partial charge in [-0.3, -0.25) is 0 Å². The summed E-state index contributed by atoms with van der Waals surface area (Å²) in [6, 6.07) is 7.67. The number of aliphatic hydroxyl groups is 1. The minimum atomic E-state index is -0.521. The maximum Gasteiger partial charge on any atom is 0.319 e. The zero-order valence-electron chi connectivity index (χ0n) is 13.1. The maximum atomic E-state index is 12.3. The zero-order valence-corrected chi connectivity index (χ0v) is 13.1. The van der Waals surface area contributed by atoms with Gasteiger partial charge in [0.15, 0.2) is 0 Å². The number of urea groups is 1. The Morgan fingerprint density at radius 2 is 2.00 bits per heavy atom. The molecule has 0 radical (unpaired) electrons. The molecule has 1 aliphatic heterocycles. The van der Waals surface area contributed by atoms with E-state index in [4.69, 9.17) is 0 Å². The van der Waals surface area contributed by atoms with E-state index < -0.39 is 5.54 Å². The van der Waals surface area contributed by atoms with Crippen LogP contribution in [0, 0.1) is 5.92 Å². The fraction of sp³-hybridized carbons (Fsp3) is 0.588. The van der Waals surface area contributed by atoms with Crippen molar-refractivity contribution in [1.29, 1.82) is 0 Å². The zero-order chi connectivity index (χ0) is 15.6. The second-order valence-electron chi connectivity index (χ2n) is 6.64. The Bertz CT molecular complexity index is 538. The van der Waals surface area contributed by atoms with Crippen LogP contribution in [0.5, 0.6) is 0 Å². The molecule has 1 heterocycles. The molecule has 120 valence electrons. The van der Waals surface area contributed by atoms with E-state index in [0.717, 1.165) is 37.3 Å². The first-order valence-electron chi connectivity index (χ1n) is 8.16. The van der Waals surface area contributed by atoms with Gasteiger partial charge in [0.1, 0.15) is 0 Å². The second kappa shape index (κ2) is 6.16. The van der Waals surface area contributed by atoms with E-state index >= 15 is 0 Å². The summed E-state index contributed by atoms with van der Waals surface area (Å²) in [6.45, 7) is 3.96. The first-order valence-corrected chi connectivity index (χ1v) is 8.16. The van der Waals surface area contributed by atoms with Crippen molar-refractivity contribution in [3.8, 4) is 0 Å². The van der Waals surface area contributed by atoms with Gasteiger partial charge in [-0.1, -0.05) is 12.1 Å². The lowest BCUT2D eigenvalue weighted by Crippen LogP contribution is -2.52. The smallest absolute Gasteiger partial charge is 0.319 e. The van der Waals surface area contributed by atoms with E-state index in [1.165, 1.54) is 12.8 Å². The van der Waals surface area contributed by atoms with Crippen LogP contribution in [-0.4, -0.2) is 36.4 Å². The molecule has 3 rings (SSSR count). The third-order valence-corrected chi connectivity index (χ3v) is 4.80. The molecule has 1 atom stereocenters. The summed E-state index contributed by atoms with van der Waals surface area (Å²) in [5.74, 6) is 0.386. The first kappa shape index (κ1) is 15.2. The van der Waals surface area contributed by atoms with Crippen LogP contribution in [0.2, 0.25) is 0 Å². The van der Waals surface area contributed by atoms with Gasteiger partial charge in [0.2, 0.25) is 0 Å². The van der Waals surface area contributed by atoms with Gasteiger partial charge in [-0.25, -0.2) is 4.79 Å². The number of hydrogen-bond acceptors (Lipinski definition) is 3. The van der Waals surface area contributed by atoms with E-state index in [1.807, 2.05) is 31.2 Å². The van der Waals surface area contributed by atoms with Crippen molar-refractivity contribution in [3.05, 3.63) is 24.3 Å². The van der Waals surface area contributed by atoms with Crippen LogP contribution in [0.4, 0.5) is 16.2 Å². The van der Waals surface area contributed by atoms with Gasteiger partial charge in [0.25, 0.3) is 0 Å². The Kier molecular flexibility index (Phi) is 4.25. The van der Waals surface area contributed by atoms with Crippen molar-refractivity contribution in [3.63, 3.8) is 0 Å². The Balaban J connectivity index is 1.68. The summed E-state index contributed by atoms with van der Waals surface area (Å²) < 4.78 is 0. The molecular formula is C17H25N3O2. The van der Waals surface area contributed by atoms with Crippen LogP contribution in [0.1, 0.15) is 32.6 Å². The summed E-state index contributed by atoms with van der Waals surface area (Å²) in [6.07, 6.45) is 4.54. The molecule has 1 aliphatic carbocycles. The fourth-order valence-electron chi connectivity index (χ4n) is 3.22. The molecule has 1 saturated heterocycles. The van der Waals surface area contributed by atoms with Gasteiger partial charge in [-0.15, -0.1) is 0 Å². The highest BCUT2D eigenvalue weighted by molar-refractivity contribution is 5.93. The summed E-state index contributed by atoms with van der Waals surface area (Å²) in [5.41, 5.74) is 1.39. The van der Waals surface area contributed by atoms with Crippen molar-refractivity contribution in [2.75, 3.05) is 29.9 Å². The Morgan fingerprint density at radius 3 is 2.64 bits per heavy atom. The number of benzene rings is 1. The predicted octanol–water partition coefficient (Wildman–Crippen LogP) is 2.57. The molecule has 3 N–H and O–H groups in total. The minimum Gasteiger partial charge on any atom is -0.394 e. The maximum absolute atomic E-state index is 12.3. The predicted molar refractivity (Wildman–Crippen MR) is 88.3 cm³/mol. The van der Waals surface area contributed by atoms with E-state index in [-0.39, 0.29) is 12.6 Å². The Morgan fingerprint density at radius 1 is 1.32 bits per heavy atom. The number of nitrogens with zero attached hydrogens (tertiary/aromatic N) is 1. The van der Waals surface area contributed by atoms with E-state index in [2.05, 4.69) is 15.5 Å². The molecule has 0 aromatic heterocycles. The monoisotopic (exact) mass is 303 g/mol. The van der Waals surface area contributed by atoms with Gasteiger partial charge < -0.3 is 20.6 Å².